The van der Waals surface area contributed by atoms with Crippen molar-refractivity contribution < 1.29 is 14.3 Å². The third kappa shape index (κ3) is 7.77. The van der Waals surface area contributed by atoms with Gasteiger partial charge in [-0.25, -0.2) is 9.97 Å². The van der Waals surface area contributed by atoms with Gasteiger partial charge in [-0.2, -0.15) is 4.98 Å². The minimum Gasteiger partial charge on any atom is -0.497 e. The molecule has 1 N–H and O–H groups in total. The van der Waals surface area contributed by atoms with Crippen LogP contribution in [0.1, 0.15) is 17.5 Å². The lowest BCUT2D eigenvalue weighted by Gasteiger charge is -2.42. The smallest absolute Gasteiger partial charge is 0.238 e. The first-order valence-electron chi connectivity index (χ1n) is 14.0. The molecule has 4 aromatic rings. The standard InChI is InChI=1S/C31H36ClN7O3/c1-41-26-7-3-23(4-8-26)11-13-34-30(40)19-25-21-38(29-20-28(32)35-31(36-29)39-16-14-33-22-39)18-17-37(25)15-12-24-5-9-27(42-2)10-6-24/h3-10,14,16,20,22,25H,11-13,15,17-19,21H2,1-2H3,(H,34,40). The third-order valence-corrected chi connectivity index (χ3v) is 7.69. The summed E-state index contributed by atoms with van der Waals surface area (Å²) in [5, 5.41) is 3.48. The largest absolute Gasteiger partial charge is 0.497 e. The number of rotatable bonds is 12. The molecule has 1 fully saturated rings. The molecule has 10 nitrogen and oxygen atoms in total. The van der Waals surface area contributed by atoms with Crippen LogP contribution >= 0.6 is 11.6 Å². The Morgan fingerprint density at radius 1 is 0.976 bits per heavy atom. The first-order valence-corrected chi connectivity index (χ1v) is 14.4. The van der Waals surface area contributed by atoms with Crippen LogP contribution in [0.3, 0.4) is 0 Å². The van der Waals surface area contributed by atoms with E-state index in [0.29, 0.717) is 30.6 Å². The maximum atomic E-state index is 13.2. The summed E-state index contributed by atoms with van der Waals surface area (Å²) in [6.07, 6.45) is 7.12. The Labute approximate surface area is 251 Å². The molecule has 3 heterocycles. The molecule has 2 aromatic heterocycles. The minimum absolute atomic E-state index is 0.00317. The number of carbonyl (C=O) groups is 1. The van der Waals surface area contributed by atoms with Crippen molar-refractivity contribution in [3.8, 4) is 17.4 Å². The van der Waals surface area contributed by atoms with Crippen LogP contribution < -0.4 is 19.7 Å². The third-order valence-electron chi connectivity index (χ3n) is 7.50. The van der Waals surface area contributed by atoms with Crippen molar-refractivity contribution in [3.63, 3.8) is 0 Å². The molecule has 11 heteroatoms. The topological polar surface area (TPSA) is 97.6 Å². The zero-order valence-electron chi connectivity index (χ0n) is 23.9. The molecule has 1 saturated heterocycles. The van der Waals surface area contributed by atoms with Gasteiger partial charge in [0, 0.05) is 63.6 Å². The molecule has 1 atom stereocenters. The zero-order valence-corrected chi connectivity index (χ0v) is 24.7. The second-order valence-electron chi connectivity index (χ2n) is 10.2. The number of carbonyl (C=O) groups excluding carboxylic acids is 1. The number of aromatic nitrogens is 4. The van der Waals surface area contributed by atoms with Crippen molar-refractivity contribution in [2.45, 2.75) is 25.3 Å². The van der Waals surface area contributed by atoms with E-state index in [9.17, 15) is 4.79 Å². The predicted molar refractivity (Wildman–Crippen MR) is 163 cm³/mol. The van der Waals surface area contributed by atoms with Crippen LogP contribution in [-0.4, -0.2) is 83.3 Å². The highest BCUT2D eigenvalue weighted by Crippen LogP contribution is 2.23. The van der Waals surface area contributed by atoms with E-state index in [4.69, 9.17) is 26.1 Å². The van der Waals surface area contributed by atoms with Crippen molar-refractivity contribution in [1.29, 1.82) is 0 Å². The molecule has 42 heavy (non-hydrogen) atoms. The summed E-state index contributed by atoms with van der Waals surface area (Å²) in [7, 11) is 3.32. The molecular weight excluding hydrogens is 554 g/mol. The second-order valence-corrected chi connectivity index (χ2v) is 10.6. The van der Waals surface area contributed by atoms with Gasteiger partial charge in [0.1, 0.15) is 28.8 Å². The number of methoxy groups -OCH3 is 2. The first kappa shape index (κ1) is 29.3. The van der Waals surface area contributed by atoms with Gasteiger partial charge in [0.05, 0.1) is 14.2 Å². The van der Waals surface area contributed by atoms with E-state index in [1.807, 2.05) is 36.4 Å². The van der Waals surface area contributed by atoms with Crippen molar-refractivity contribution >= 4 is 23.3 Å². The number of hydrogen-bond donors (Lipinski definition) is 1. The average molecular weight is 590 g/mol. The summed E-state index contributed by atoms with van der Waals surface area (Å²) in [6.45, 7) is 3.61. The monoisotopic (exact) mass is 589 g/mol. The van der Waals surface area contributed by atoms with E-state index < -0.39 is 0 Å². The molecule has 0 saturated carbocycles. The number of ether oxygens (including phenoxy) is 2. The fraction of sp³-hybridized carbons (Fsp3) is 0.355. The summed E-state index contributed by atoms with van der Waals surface area (Å²) >= 11 is 6.40. The number of benzene rings is 2. The van der Waals surface area contributed by atoms with Gasteiger partial charge in [-0.05, 0) is 48.2 Å². The highest BCUT2D eigenvalue weighted by molar-refractivity contribution is 6.29. The van der Waals surface area contributed by atoms with Crippen molar-refractivity contribution in [2.24, 2.45) is 0 Å². The maximum Gasteiger partial charge on any atom is 0.238 e. The predicted octanol–water partition coefficient (Wildman–Crippen LogP) is 3.82. The number of amides is 1. The fourth-order valence-electron chi connectivity index (χ4n) is 5.13. The number of hydrogen-bond acceptors (Lipinski definition) is 8. The van der Waals surface area contributed by atoms with E-state index in [1.165, 1.54) is 5.56 Å². The van der Waals surface area contributed by atoms with Crippen LogP contribution in [0, 0.1) is 0 Å². The van der Waals surface area contributed by atoms with E-state index in [-0.39, 0.29) is 11.9 Å². The quantitative estimate of drug-likeness (QED) is 0.249. The summed E-state index contributed by atoms with van der Waals surface area (Å²) in [5.41, 5.74) is 2.38. The maximum absolute atomic E-state index is 13.2. The van der Waals surface area contributed by atoms with Gasteiger partial charge < -0.3 is 19.7 Å². The van der Waals surface area contributed by atoms with Crippen LogP contribution in [0.5, 0.6) is 11.5 Å². The van der Waals surface area contributed by atoms with Crippen molar-refractivity contribution in [3.05, 3.63) is 89.6 Å². The Bertz CT molecular complexity index is 1430. The number of anilines is 1. The van der Waals surface area contributed by atoms with E-state index in [1.54, 1.807) is 43.6 Å². The number of nitrogens with one attached hydrogen (secondary N) is 1. The van der Waals surface area contributed by atoms with Crippen LogP contribution in [0.2, 0.25) is 5.15 Å². The molecule has 0 aliphatic carbocycles. The molecule has 1 aliphatic heterocycles. The highest BCUT2D eigenvalue weighted by atomic mass is 35.5. The van der Waals surface area contributed by atoms with Gasteiger partial charge in [-0.15, -0.1) is 0 Å². The Balaban J connectivity index is 1.25. The summed E-state index contributed by atoms with van der Waals surface area (Å²) in [5.74, 6) is 2.89. The normalized spacial score (nSPS) is 15.4. The molecule has 1 unspecified atom stereocenters. The zero-order chi connectivity index (χ0) is 29.3. The van der Waals surface area contributed by atoms with E-state index in [0.717, 1.165) is 55.4 Å². The molecule has 0 bridgehead atoms. The lowest BCUT2D eigenvalue weighted by atomic mass is 10.1. The molecule has 2 aromatic carbocycles. The minimum atomic E-state index is 0.00317. The Kier molecular flexibility index (Phi) is 9.89. The van der Waals surface area contributed by atoms with Gasteiger partial charge in [0.15, 0.2) is 0 Å². The van der Waals surface area contributed by atoms with E-state index >= 15 is 0 Å². The molecule has 1 aliphatic rings. The van der Waals surface area contributed by atoms with Gasteiger partial charge in [0.25, 0.3) is 0 Å². The highest BCUT2D eigenvalue weighted by Gasteiger charge is 2.30. The van der Waals surface area contributed by atoms with Crippen LogP contribution in [0.25, 0.3) is 5.95 Å². The Morgan fingerprint density at radius 2 is 1.67 bits per heavy atom. The van der Waals surface area contributed by atoms with Crippen LogP contribution in [-0.2, 0) is 17.6 Å². The van der Waals surface area contributed by atoms with Crippen LogP contribution in [0.4, 0.5) is 5.82 Å². The molecule has 1 amide bonds. The summed E-state index contributed by atoms with van der Waals surface area (Å²) in [6, 6.07) is 17.9. The molecular formula is C31H36ClN7O3. The van der Waals surface area contributed by atoms with Gasteiger partial charge >= 0.3 is 0 Å². The number of piperazine rings is 1. The molecule has 0 spiro atoms. The Morgan fingerprint density at radius 3 is 2.31 bits per heavy atom. The molecule has 5 rings (SSSR count). The average Bonchev–Trinajstić information content (AvgIpc) is 3.56. The molecule has 220 valence electrons. The summed E-state index contributed by atoms with van der Waals surface area (Å²) in [4.78, 5) is 31.0. The number of imidazole rings is 1. The fourth-order valence-corrected chi connectivity index (χ4v) is 5.30. The molecule has 0 radical (unpaired) electrons. The van der Waals surface area contributed by atoms with Crippen molar-refractivity contribution in [2.75, 3.05) is 51.8 Å². The number of nitrogens with zero attached hydrogens (tertiary/aromatic N) is 6. The van der Waals surface area contributed by atoms with Crippen molar-refractivity contribution in [1.82, 2.24) is 29.7 Å². The van der Waals surface area contributed by atoms with E-state index in [2.05, 4.69) is 37.2 Å². The van der Waals surface area contributed by atoms with Gasteiger partial charge in [0.2, 0.25) is 11.9 Å². The first-order chi connectivity index (χ1) is 20.5. The number of halogens is 1. The lowest BCUT2D eigenvalue weighted by molar-refractivity contribution is -0.122. The summed E-state index contributed by atoms with van der Waals surface area (Å²) < 4.78 is 12.3. The van der Waals surface area contributed by atoms with Crippen LogP contribution in [0.15, 0.2) is 73.3 Å². The SMILES string of the molecule is COc1ccc(CCNC(=O)CC2CN(c3cc(Cl)nc(-n4ccnc4)n3)CCN2CCc2ccc(OC)cc2)cc1. The lowest BCUT2D eigenvalue weighted by Crippen LogP contribution is -2.55. The second kappa shape index (κ2) is 14.2. The van der Waals surface area contributed by atoms with Gasteiger partial charge in [-0.1, -0.05) is 35.9 Å². The Hall–Kier alpha value is -4.15. The van der Waals surface area contributed by atoms with Gasteiger partial charge in [-0.3, -0.25) is 14.3 Å².